The molecule has 3 amide bonds. The molecule has 2 aromatic carbocycles. The number of carbonyl (C=O) groups is 3. The first-order valence-corrected chi connectivity index (χ1v) is 10.3. The first kappa shape index (κ1) is 20.7. The maximum atomic E-state index is 12.5. The molecule has 1 N–H and O–H groups in total. The minimum absolute atomic E-state index is 0.305. The lowest BCUT2D eigenvalue weighted by atomic mass is 10.1. The Morgan fingerprint density at radius 3 is 2.55 bits per heavy atom. The van der Waals surface area contributed by atoms with Gasteiger partial charge in [-0.15, -0.1) is 0 Å². The molecule has 8 heteroatoms. The number of rotatable bonds is 5. The molecule has 1 saturated heterocycles. The number of aliphatic imine (C=N–C) groups is 1. The van der Waals surface area contributed by atoms with E-state index in [0.717, 1.165) is 31.5 Å². The number of carbonyl (C=O) groups excluding carboxylic acids is 3. The van der Waals surface area contributed by atoms with Crippen molar-refractivity contribution in [2.24, 2.45) is 4.99 Å². The number of anilines is 2. The molecule has 0 spiro atoms. The molecule has 2 heterocycles. The van der Waals surface area contributed by atoms with Crippen LogP contribution in [0, 0.1) is 0 Å². The van der Waals surface area contributed by atoms with Crippen LogP contribution in [0.1, 0.15) is 35.2 Å². The summed E-state index contributed by atoms with van der Waals surface area (Å²) in [5, 5.41) is 2.64. The van der Waals surface area contributed by atoms with Crippen molar-refractivity contribution in [1.82, 2.24) is 4.90 Å². The van der Waals surface area contributed by atoms with Gasteiger partial charge in [-0.05, 0) is 74.0 Å². The number of urea groups is 1. The van der Waals surface area contributed by atoms with Crippen LogP contribution < -0.4 is 15.0 Å². The van der Waals surface area contributed by atoms with Crippen molar-refractivity contribution in [3.63, 3.8) is 0 Å². The van der Waals surface area contributed by atoms with Gasteiger partial charge in [-0.3, -0.25) is 19.4 Å². The number of amides is 3. The average molecular weight is 420 g/mol. The number of benzene rings is 2. The molecule has 4 rings (SSSR count). The summed E-state index contributed by atoms with van der Waals surface area (Å²) in [5.74, 6) is -0.361. The Morgan fingerprint density at radius 1 is 1.10 bits per heavy atom. The van der Waals surface area contributed by atoms with Crippen LogP contribution in [0.4, 0.5) is 16.2 Å². The summed E-state index contributed by atoms with van der Waals surface area (Å²) in [7, 11) is 1.58. The van der Waals surface area contributed by atoms with Gasteiger partial charge in [0.1, 0.15) is 5.75 Å². The number of methoxy groups -OCH3 is 1. The van der Waals surface area contributed by atoms with Crippen molar-refractivity contribution in [3.8, 4) is 5.75 Å². The first-order chi connectivity index (χ1) is 15.0. The van der Waals surface area contributed by atoms with Crippen LogP contribution in [-0.4, -0.2) is 55.7 Å². The van der Waals surface area contributed by atoms with Crippen molar-refractivity contribution in [2.75, 3.05) is 37.1 Å². The zero-order valence-corrected chi connectivity index (χ0v) is 17.3. The highest BCUT2D eigenvalue weighted by Gasteiger charge is 2.37. The lowest BCUT2D eigenvalue weighted by molar-refractivity contribution is -0.114. The van der Waals surface area contributed by atoms with Crippen LogP contribution in [-0.2, 0) is 4.79 Å². The zero-order valence-electron chi connectivity index (χ0n) is 17.3. The molecule has 0 unspecified atom stereocenters. The quantitative estimate of drug-likeness (QED) is 0.592. The van der Waals surface area contributed by atoms with E-state index in [9.17, 15) is 14.4 Å². The van der Waals surface area contributed by atoms with Gasteiger partial charge in [-0.2, -0.15) is 0 Å². The molecule has 0 bridgehead atoms. The predicted molar refractivity (Wildman–Crippen MR) is 118 cm³/mol. The second-order valence-electron chi connectivity index (χ2n) is 7.58. The fourth-order valence-corrected chi connectivity index (χ4v) is 3.80. The molecule has 0 aliphatic carbocycles. The standard InChI is InChI=1S/C23H24N4O4/c1-31-18-8-5-16(6-9-18)14-24-23(30)25-17-7-10-20-19(13-17)21(28)22(29)27(20)15-26-11-3-2-4-12-26/h5-10,13-14H,2-4,11-12,15H2,1H3,(H,25,30). The molecular weight excluding hydrogens is 396 g/mol. The average Bonchev–Trinajstić information content (AvgIpc) is 3.03. The second-order valence-corrected chi connectivity index (χ2v) is 7.58. The highest BCUT2D eigenvalue weighted by molar-refractivity contribution is 6.52. The lowest BCUT2D eigenvalue weighted by Crippen LogP contribution is -2.43. The largest absolute Gasteiger partial charge is 0.497 e. The monoisotopic (exact) mass is 420 g/mol. The van der Waals surface area contributed by atoms with Crippen LogP contribution in [0.2, 0.25) is 0 Å². The summed E-state index contributed by atoms with van der Waals surface area (Å²) in [6, 6.07) is 11.5. The van der Waals surface area contributed by atoms with Crippen molar-refractivity contribution in [3.05, 3.63) is 53.6 Å². The van der Waals surface area contributed by atoms with Gasteiger partial charge < -0.3 is 10.1 Å². The molecular formula is C23H24N4O4. The van der Waals surface area contributed by atoms with E-state index in [4.69, 9.17) is 4.74 Å². The number of hydrogen-bond donors (Lipinski definition) is 1. The van der Waals surface area contributed by atoms with Crippen LogP contribution in [0.5, 0.6) is 5.75 Å². The highest BCUT2D eigenvalue weighted by Crippen LogP contribution is 2.32. The van der Waals surface area contributed by atoms with Gasteiger partial charge in [0.05, 0.1) is 25.0 Å². The van der Waals surface area contributed by atoms with E-state index in [1.54, 1.807) is 43.5 Å². The van der Waals surface area contributed by atoms with Gasteiger partial charge in [-0.25, -0.2) is 9.79 Å². The highest BCUT2D eigenvalue weighted by atomic mass is 16.5. The Balaban J connectivity index is 1.43. The lowest BCUT2D eigenvalue weighted by Gasteiger charge is -2.30. The molecule has 0 radical (unpaired) electrons. The summed E-state index contributed by atoms with van der Waals surface area (Å²) < 4.78 is 5.10. The number of likely N-dealkylation sites (tertiary alicyclic amines) is 1. The van der Waals surface area contributed by atoms with E-state index in [2.05, 4.69) is 15.2 Å². The van der Waals surface area contributed by atoms with Crippen LogP contribution in [0.3, 0.4) is 0 Å². The molecule has 8 nitrogen and oxygen atoms in total. The Bertz CT molecular complexity index is 1030. The third kappa shape index (κ3) is 4.64. The first-order valence-electron chi connectivity index (χ1n) is 10.3. The molecule has 0 atom stereocenters. The second kappa shape index (κ2) is 9.09. The number of ether oxygens (including phenoxy) is 1. The van der Waals surface area contributed by atoms with Crippen molar-refractivity contribution >= 4 is 35.3 Å². The third-order valence-corrected chi connectivity index (χ3v) is 5.46. The van der Waals surface area contributed by atoms with Gasteiger partial charge in [0.25, 0.3) is 5.78 Å². The zero-order chi connectivity index (χ0) is 21.8. The predicted octanol–water partition coefficient (Wildman–Crippen LogP) is 3.32. The molecule has 160 valence electrons. The minimum atomic E-state index is -0.572. The fourth-order valence-electron chi connectivity index (χ4n) is 3.80. The maximum absolute atomic E-state index is 12.5. The molecule has 1 fully saturated rings. The van der Waals surface area contributed by atoms with E-state index >= 15 is 0 Å². The molecule has 31 heavy (non-hydrogen) atoms. The Kier molecular flexibility index (Phi) is 6.08. The number of Topliss-reactive ketones (excluding diaryl/α,β-unsaturated/α-hetero) is 1. The van der Waals surface area contributed by atoms with E-state index in [0.29, 0.717) is 29.4 Å². The Labute approximate surface area is 180 Å². The fraction of sp³-hybridized carbons (Fsp3) is 0.304. The smallest absolute Gasteiger partial charge is 0.345 e. The van der Waals surface area contributed by atoms with Gasteiger partial charge in [-0.1, -0.05) is 6.42 Å². The normalized spacial score (nSPS) is 16.6. The van der Waals surface area contributed by atoms with E-state index in [-0.39, 0.29) is 0 Å². The summed E-state index contributed by atoms with van der Waals surface area (Å²) >= 11 is 0. The topological polar surface area (TPSA) is 91.3 Å². The summed E-state index contributed by atoms with van der Waals surface area (Å²) in [4.78, 5) is 44.8. The minimum Gasteiger partial charge on any atom is -0.497 e. The van der Waals surface area contributed by atoms with Crippen LogP contribution >= 0.6 is 0 Å². The Hall–Kier alpha value is -3.52. The summed E-state index contributed by atoms with van der Waals surface area (Å²) in [6.45, 7) is 2.26. The van der Waals surface area contributed by atoms with E-state index < -0.39 is 17.7 Å². The molecule has 0 saturated carbocycles. The summed E-state index contributed by atoms with van der Waals surface area (Å²) in [5.41, 5.74) is 2.05. The van der Waals surface area contributed by atoms with E-state index in [1.807, 2.05) is 0 Å². The third-order valence-electron chi connectivity index (χ3n) is 5.46. The van der Waals surface area contributed by atoms with Gasteiger partial charge in [0, 0.05) is 11.9 Å². The molecule has 2 aliphatic rings. The molecule has 2 aromatic rings. The number of nitrogens with one attached hydrogen (secondary N) is 1. The van der Waals surface area contributed by atoms with E-state index in [1.165, 1.54) is 23.6 Å². The van der Waals surface area contributed by atoms with Crippen LogP contribution in [0.15, 0.2) is 47.5 Å². The molecule has 2 aliphatic heterocycles. The van der Waals surface area contributed by atoms with Gasteiger partial charge in [0.2, 0.25) is 0 Å². The SMILES string of the molecule is COc1ccc(C=NC(=O)Nc2ccc3c(c2)C(=O)C(=O)N3CN2CCCCC2)cc1. The summed E-state index contributed by atoms with van der Waals surface area (Å²) in [6.07, 6.45) is 4.84. The van der Waals surface area contributed by atoms with Crippen molar-refractivity contribution < 1.29 is 19.1 Å². The Morgan fingerprint density at radius 2 is 1.84 bits per heavy atom. The van der Waals surface area contributed by atoms with Gasteiger partial charge >= 0.3 is 11.9 Å². The molecule has 0 aromatic heterocycles. The number of hydrogen-bond acceptors (Lipinski definition) is 5. The number of nitrogens with zero attached hydrogens (tertiary/aromatic N) is 3. The number of piperidine rings is 1. The van der Waals surface area contributed by atoms with Crippen LogP contribution in [0.25, 0.3) is 0 Å². The van der Waals surface area contributed by atoms with Gasteiger partial charge in [0.15, 0.2) is 0 Å². The number of fused-ring (bicyclic) bond motifs is 1. The van der Waals surface area contributed by atoms with Crippen molar-refractivity contribution in [1.29, 1.82) is 0 Å². The maximum Gasteiger partial charge on any atom is 0.345 e. The number of ketones is 1. The van der Waals surface area contributed by atoms with Crippen molar-refractivity contribution in [2.45, 2.75) is 19.3 Å².